The van der Waals surface area contributed by atoms with E-state index in [1.165, 1.54) is 5.56 Å². The number of benzene rings is 1. The number of fused-ring (bicyclic) bond motifs is 1. The predicted octanol–water partition coefficient (Wildman–Crippen LogP) is 3.95. The van der Waals surface area contributed by atoms with Crippen LogP contribution in [0.4, 0.5) is 5.82 Å². The zero-order valence-electron chi connectivity index (χ0n) is 14.1. The van der Waals surface area contributed by atoms with Gasteiger partial charge in [0.05, 0.1) is 6.20 Å². The number of pyridine rings is 1. The lowest BCUT2D eigenvalue weighted by atomic mass is 9.92. The molecule has 1 fully saturated rings. The molecule has 1 aromatic carbocycles. The summed E-state index contributed by atoms with van der Waals surface area (Å²) in [6, 6.07) is 17.2. The molecule has 5 heteroatoms. The Balaban J connectivity index is 1.51. The molecule has 1 aliphatic rings. The number of hydrogen-bond acceptors (Lipinski definition) is 5. The molecule has 5 nitrogen and oxygen atoms in total. The van der Waals surface area contributed by atoms with E-state index >= 15 is 0 Å². The molecule has 0 radical (unpaired) electrons. The maximum absolute atomic E-state index is 8.95. The molecule has 0 amide bonds. The summed E-state index contributed by atoms with van der Waals surface area (Å²) in [4.78, 5) is 6.85. The van der Waals surface area contributed by atoms with E-state index in [1.807, 2.05) is 12.1 Å². The second-order valence-corrected chi connectivity index (χ2v) is 6.60. The molecule has 0 bridgehead atoms. The third-order valence-electron chi connectivity index (χ3n) is 4.92. The second-order valence-electron chi connectivity index (χ2n) is 6.60. The van der Waals surface area contributed by atoms with Crippen molar-refractivity contribution in [2.45, 2.75) is 24.9 Å². The molecule has 4 rings (SSSR count). The lowest BCUT2D eigenvalue weighted by molar-refractivity contribution is 0.177. The van der Waals surface area contributed by atoms with Gasteiger partial charge in [0.15, 0.2) is 5.58 Å². The number of nitrogens with zero attached hydrogens (tertiary/aromatic N) is 3. The van der Waals surface area contributed by atoms with E-state index in [-0.39, 0.29) is 0 Å². The highest BCUT2D eigenvalue weighted by Gasteiger charge is 2.27. The van der Waals surface area contributed by atoms with E-state index < -0.39 is 0 Å². The van der Waals surface area contributed by atoms with Gasteiger partial charge in [0.2, 0.25) is 5.76 Å². The van der Waals surface area contributed by atoms with Gasteiger partial charge in [0, 0.05) is 30.1 Å². The van der Waals surface area contributed by atoms with Gasteiger partial charge in [-0.1, -0.05) is 30.3 Å². The topological polar surface area (TPSA) is 65.1 Å². The summed E-state index contributed by atoms with van der Waals surface area (Å²) < 4.78 is 5.39. The fraction of sp³-hybridized carbons (Fsp3) is 0.300. The molecule has 2 atom stereocenters. The molecule has 1 N–H and O–H groups in total. The molecule has 25 heavy (non-hydrogen) atoms. The number of nitriles is 1. The van der Waals surface area contributed by atoms with Crippen molar-refractivity contribution in [2.24, 2.45) is 0 Å². The average Bonchev–Trinajstić information content (AvgIpc) is 3.06. The summed E-state index contributed by atoms with van der Waals surface area (Å²) in [5.74, 6) is 1.15. The molecule has 0 unspecified atom stereocenters. The quantitative estimate of drug-likeness (QED) is 0.787. The summed E-state index contributed by atoms with van der Waals surface area (Å²) >= 11 is 0. The molecule has 0 aliphatic carbocycles. The third-order valence-corrected chi connectivity index (χ3v) is 4.92. The molecule has 126 valence electrons. The first-order valence-corrected chi connectivity index (χ1v) is 8.54. The highest BCUT2D eigenvalue weighted by Crippen LogP contribution is 2.31. The summed E-state index contributed by atoms with van der Waals surface area (Å²) in [6.45, 7) is 1.05. The fourth-order valence-corrected chi connectivity index (χ4v) is 3.57. The minimum atomic E-state index is 0.317. The summed E-state index contributed by atoms with van der Waals surface area (Å²) in [6.07, 6.45) is 3.80. The van der Waals surface area contributed by atoms with Gasteiger partial charge in [-0.25, -0.2) is 4.98 Å². The number of anilines is 1. The van der Waals surface area contributed by atoms with Gasteiger partial charge < -0.3 is 9.73 Å². The maximum Gasteiger partial charge on any atom is 0.204 e. The number of nitrogens with one attached hydrogen (secondary N) is 1. The van der Waals surface area contributed by atoms with Gasteiger partial charge in [-0.3, -0.25) is 4.90 Å². The maximum atomic E-state index is 8.95. The van der Waals surface area contributed by atoms with Crippen LogP contribution in [-0.2, 0) is 0 Å². The van der Waals surface area contributed by atoms with Gasteiger partial charge in [-0.2, -0.15) is 5.26 Å². The Bertz CT molecular complexity index is 912. The number of likely N-dealkylation sites (tertiary alicyclic amines) is 1. The van der Waals surface area contributed by atoms with Crippen LogP contribution >= 0.6 is 0 Å². The van der Waals surface area contributed by atoms with Crippen LogP contribution in [0.5, 0.6) is 0 Å². The number of furan rings is 1. The van der Waals surface area contributed by atoms with E-state index in [0.717, 1.165) is 30.6 Å². The lowest BCUT2D eigenvalue weighted by Gasteiger charge is -2.38. The van der Waals surface area contributed by atoms with Gasteiger partial charge >= 0.3 is 0 Å². The Kier molecular flexibility index (Phi) is 4.12. The van der Waals surface area contributed by atoms with E-state index in [1.54, 1.807) is 12.3 Å². The van der Waals surface area contributed by atoms with E-state index in [4.69, 9.17) is 9.68 Å². The minimum absolute atomic E-state index is 0.317. The average molecular weight is 332 g/mol. The first kappa shape index (κ1) is 15.7. The van der Waals surface area contributed by atoms with Gasteiger partial charge in [-0.05, 0) is 31.5 Å². The number of aromatic nitrogens is 1. The van der Waals surface area contributed by atoms with Crippen LogP contribution in [-0.4, -0.2) is 29.5 Å². The van der Waals surface area contributed by atoms with E-state index in [2.05, 4.69) is 52.6 Å². The zero-order valence-corrected chi connectivity index (χ0v) is 14.1. The smallest absolute Gasteiger partial charge is 0.204 e. The summed E-state index contributed by atoms with van der Waals surface area (Å²) in [5.41, 5.74) is 2.00. The van der Waals surface area contributed by atoms with Crippen molar-refractivity contribution in [3.63, 3.8) is 0 Å². The molecule has 3 aromatic rings. The SMILES string of the molecule is CN1CC[C@H](Nc2cc3cc(C#N)oc3cn2)C[C@@H]1c1ccccc1. The monoisotopic (exact) mass is 332 g/mol. The Morgan fingerprint density at radius 3 is 2.92 bits per heavy atom. The van der Waals surface area contributed by atoms with Crippen molar-refractivity contribution < 1.29 is 4.42 Å². The standard InChI is InChI=1S/C20H20N4O/c1-24-8-7-16(11-18(24)14-5-3-2-4-6-14)23-20-10-15-9-17(12-21)25-19(15)13-22-20/h2-6,9-10,13,16,18H,7-8,11H2,1H3,(H,22,23)/t16-,18+/m0/s1. The second kappa shape index (κ2) is 6.58. The van der Waals surface area contributed by atoms with Crippen LogP contribution in [0.15, 0.2) is 53.1 Å². The molecule has 3 heterocycles. The highest BCUT2D eigenvalue weighted by atomic mass is 16.3. The van der Waals surface area contributed by atoms with Crippen molar-refractivity contribution in [3.05, 3.63) is 60.0 Å². The van der Waals surface area contributed by atoms with Crippen LogP contribution in [0, 0.1) is 11.3 Å². The summed E-state index contributed by atoms with van der Waals surface area (Å²) in [7, 11) is 2.19. The van der Waals surface area contributed by atoms with Gasteiger partial charge in [0.25, 0.3) is 0 Å². The zero-order chi connectivity index (χ0) is 17.2. The lowest BCUT2D eigenvalue weighted by Crippen LogP contribution is -2.39. The molecule has 1 aliphatic heterocycles. The van der Waals surface area contributed by atoms with Crippen LogP contribution in [0.3, 0.4) is 0 Å². The third kappa shape index (κ3) is 3.21. The first-order valence-electron chi connectivity index (χ1n) is 8.54. The summed E-state index contributed by atoms with van der Waals surface area (Å²) in [5, 5.41) is 13.4. The largest absolute Gasteiger partial charge is 0.444 e. The predicted molar refractivity (Wildman–Crippen MR) is 97.2 cm³/mol. The van der Waals surface area contributed by atoms with Crippen molar-refractivity contribution in [1.29, 1.82) is 5.26 Å². The Hall–Kier alpha value is -2.84. The highest BCUT2D eigenvalue weighted by molar-refractivity contribution is 5.80. The van der Waals surface area contributed by atoms with E-state index in [0.29, 0.717) is 23.4 Å². The normalized spacial score (nSPS) is 21.1. The Morgan fingerprint density at radius 2 is 2.12 bits per heavy atom. The Morgan fingerprint density at radius 1 is 1.28 bits per heavy atom. The molecule has 2 aromatic heterocycles. The molecular formula is C20H20N4O. The Labute approximate surface area is 146 Å². The van der Waals surface area contributed by atoms with Crippen LogP contribution in [0.2, 0.25) is 0 Å². The van der Waals surface area contributed by atoms with Crippen LogP contribution in [0.25, 0.3) is 11.0 Å². The van der Waals surface area contributed by atoms with Gasteiger partial charge in [-0.15, -0.1) is 0 Å². The number of rotatable bonds is 3. The molecule has 0 spiro atoms. The van der Waals surface area contributed by atoms with Gasteiger partial charge in [0.1, 0.15) is 11.9 Å². The van der Waals surface area contributed by atoms with Crippen LogP contribution in [0.1, 0.15) is 30.2 Å². The molecule has 1 saturated heterocycles. The molecule has 0 saturated carbocycles. The number of hydrogen-bond donors (Lipinski definition) is 1. The molecular weight excluding hydrogens is 312 g/mol. The minimum Gasteiger partial charge on any atom is -0.444 e. The number of piperidine rings is 1. The van der Waals surface area contributed by atoms with Crippen molar-refractivity contribution in [2.75, 3.05) is 18.9 Å². The van der Waals surface area contributed by atoms with Crippen molar-refractivity contribution in [3.8, 4) is 6.07 Å². The first-order chi connectivity index (χ1) is 12.2. The van der Waals surface area contributed by atoms with Crippen molar-refractivity contribution >= 4 is 16.8 Å². The van der Waals surface area contributed by atoms with E-state index in [9.17, 15) is 0 Å². The van der Waals surface area contributed by atoms with Crippen molar-refractivity contribution in [1.82, 2.24) is 9.88 Å². The van der Waals surface area contributed by atoms with Crippen LogP contribution < -0.4 is 5.32 Å². The fourth-order valence-electron chi connectivity index (χ4n) is 3.57.